The minimum atomic E-state index is 0.233. The monoisotopic (exact) mass is 256 g/mol. The molecule has 0 rings (SSSR count). The summed E-state index contributed by atoms with van der Waals surface area (Å²) in [5.41, 5.74) is 0. The fraction of sp³-hybridized carbons (Fsp3) is 0.867. The van der Waals surface area contributed by atoms with Gasteiger partial charge in [-0.3, -0.25) is 9.59 Å². The highest BCUT2D eigenvalue weighted by molar-refractivity contribution is 5.85. The van der Waals surface area contributed by atoms with E-state index in [9.17, 15) is 9.59 Å². The lowest BCUT2D eigenvalue weighted by atomic mass is 10.0. The van der Waals surface area contributed by atoms with Crippen molar-refractivity contribution in [3.8, 4) is 0 Å². The molecule has 0 saturated carbocycles. The third-order valence-electron chi connectivity index (χ3n) is 3.05. The van der Waals surface area contributed by atoms with Crippen LogP contribution < -0.4 is 0 Å². The number of unbranched alkanes of at least 4 members (excludes halogenated alkanes) is 4. The zero-order valence-corrected chi connectivity index (χ0v) is 12.0. The van der Waals surface area contributed by atoms with Crippen LogP contribution in [-0.4, -0.2) is 25.3 Å². The smallest absolute Gasteiger partial charge is 0.133 e. The van der Waals surface area contributed by atoms with Gasteiger partial charge < -0.3 is 4.74 Å². The summed E-state index contributed by atoms with van der Waals surface area (Å²) in [6.07, 6.45) is 8.33. The zero-order chi connectivity index (χ0) is 13.6. The summed E-state index contributed by atoms with van der Waals surface area (Å²) in [6.45, 7) is 2.89. The van der Waals surface area contributed by atoms with E-state index in [4.69, 9.17) is 4.74 Å². The maximum Gasteiger partial charge on any atom is 0.133 e. The lowest BCUT2D eigenvalue weighted by molar-refractivity contribution is -0.124. The molecule has 3 heteroatoms. The molecule has 18 heavy (non-hydrogen) atoms. The van der Waals surface area contributed by atoms with E-state index in [-0.39, 0.29) is 11.6 Å². The zero-order valence-electron chi connectivity index (χ0n) is 12.0. The van der Waals surface area contributed by atoms with Crippen LogP contribution in [0.5, 0.6) is 0 Å². The van der Waals surface area contributed by atoms with Gasteiger partial charge in [0.15, 0.2) is 0 Å². The van der Waals surface area contributed by atoms with E-state index in [1.165, 1.54) is 0 Å². The van der Waals surface area contributed by atoms with Crippen LogP contribution in [0.4, 0.5) is 0 Å². The van der Waals surface area contributed by atoms with Gasteiger partial charge in [-0.1, -0.05) is 26.2 Å². The molecule has 0 aromatic heterocycles. The number of Topliss-reactive ketones (excluding diaryl/α,β-unsaturated/α-hetero) is 2. The van der Waals surface area contributed by atoms with E-state index in [0.717, 1.165) is 45.1 Å². The molecule has 0 fully saturated rings. The number of methoxy groups -OCH3 is 1. The van der Waals surface area contributed by atoms with Crippen molar-refractivity contribution in [1.82, 2.24) is 0 Å². The highest BCUT2D eigenvalue weighted by Gasteiger charge is 2.06. The summed E-state index contributed by atoms with van der Waals surface area (Å²) in [6, 6.07) is 0. The molecule has 0 amide bonds. The van der Waals surface area contributed by atoms with E-state index in [0.29, 0.717) is 25.7 Å². The van der Waals surface area contributed by atoms with E-state index in [1.807, 2.05) is 0 Å². The van der Waals surface area contributed by atoms with Crippen molar-refractivity contribution in [1.29, 1.82) is 0 Å². The molecule has 0 saturated heterocycles. The van der Waals surface area contributed by atoms with Crippen LogP contribution >= 0.6 is 0 Å². The Hall–Kier alpha value is -0.700. The van der Waals surface area contributed by atoms with Crippen molar-refractivity contribution in [3.05, 3.63) is 0 Å². The number of hydrogen-bond donors (Lipinski definition) is 0. The van der Waals surface area contributed by atoms with Crippen LogP contribution in [0, 0.1) is 0 Å². The van der Waals surface area contributed by atoms with Gasteiger partial charge in [0.2, 0.25) is 0 Å². The SMILES string of the molecule is CCCCCC(=O)CCC(=O)CCCCCOC. The minimum Gasteiger partial charge on any atom is -0.385 e. The fourth-order valence-corrected chi connectivity index (χ4v) is 1.85. The van der Waals surface area contributed by atoms with Gasteiger partial charge >= 0.3 is 0 Å². The predicted octanol–water partition coefficient (Wildman–Crippen LogP) is 3.69. The first-order valence-electron chi connectivity index (χ1n) is 7.23. The third-order valence-corrected chi connectivity index (χ3v) is 3.05. The van der Waals surface area contributed by atoms with Crippen LogP contribution in [0.25, 0.3) is 0 Å². The molecule has 3 nitrogen and oxygen atoms in total. The lowest BCUT2D eigenvalue weighted by Gasteiger charge is -2.02. The summed E-state index contributed by atoms with van der Waals surface area (Å²) < 4.78 is 4.94. The molecule has 0 aliphatic heterocycles. The molecule has 0 radical (unpaired) electrons. The standard InChI is InChI=1S/C15H28O3/c1-3-4-6-9-14(16)11-12-15(17)10-7-5-8-13-18-2/h3-13H2,1-2H3. The lowest BCUT2D eigenvalue weighted by Crippen LogP contribution is -2.04. The molecule has 0 aromatic carbocycles. The predicted molar refractivity (Wildman–Crippen MR) is 73.7 cm³/mol. The Morgan fingerprint density at radius 1 is 0.778 bits per heavy atom. The van der Waals surface area contributed by atoms with E-state index in [2.05, 4.69) is 6.92 Å². The molecule has 0 aliphatic carbocycles. The summed E-state index contributed by atoms with van der Waals surface area (Å²) >= 11 is 0. The average Bonchev–Trinajstić information content (AvgIpc) is 2.36. The molecule has 0 unspecified atom stereocenters. The first-order valence-corrected chi connectivity index (χ1v) is 7.23. The van der Waals surface area contributed by atoms with E-state index in [1.54, 1.807) is 7.11 Å². The van der Waals surface area contributed by atoms with Crippen molar-refractivity contribution in [3.63, 3.8) is 0 Å². The first kappa shape index (κ1) is 17.3. The Labute approximate surface area is 111 Å². The maximum atomic E-state index is 11.5. The van der Waals surface area contributed by atoms with Crippen molar-refractivity contribution in [2.24, 2.45) is 0 Å². The van der Waals surface area contributed by atoms with Gasteiger partial charge in [0.05, 0.1) is 0 Å². The molecule has 0 heterocycles. The molecular formula is C15H28O3. The number of rotatable bonds is 13. The first-order chi connectivity index (χ1) is 8.70. The van der Waals surface area contributed by atoms with Gasteiger partial charge in [0, 0.05) is 39.4 Å². The molecule has 0 N–H and O–H groups in total. The Bertz CT molecular complexity index is 224. The summed E-state index contributed by atoms with van der Waals surface area (Å²) in [5, 5.41) is 0. The summed E-state index contributed by atoms with van der Waals surface area (Å²) in [5.74, 6) is 0.479. The molecule has 106 valence electrons. The second-order valence-electron chi connectivity index (χ2n) is 4.84. The van der Waals surface area contributed by atoms with Crippen molar-refractivity contribution in [2.45, 2.75) is 71.1 Å². The highest BCUT2D eigenvalue weighted by Crippen LogP contribution is 2.07. The number of carbonyl (C=O) groups excluding carboxylic acids is 2. The second kappa shape index (κ2) is 12.7. The van der Waals surface area contributed by atoms with Crippen LogP contribution in [-0.2, 0) is 14.3 Å². The van der Waals surface area contributed by atoms with E-state index >= 15 is 0 Å². The molecular weight excluding hydrogens is 228 g/mol. The number of ether oxygens (including phenoxy) is 1. The Morgan fingerprint density at radius 3 is 1.83 bits per heavy atom. The highest BCUT2D eigenvalue weighted by atomic mass is 16.5. The average molecular weight is 256 g/mol. The van der Waals surface area contributed by atoms with Crippen molar-refractivity contribution in [2.75, 3.05) is 13.7 Å². The van der Waals surface area contributed by atoms with Crippen molar-refractivity contribution < 1.29 is 14.3 Å². The molecule has 0 spiro atoms. The van der Waals surface area contributed by atoms with Crippen LogP contribution in [0.15, 0.2) is 0 Å². The summed E-state index contributed by atoms with van der Waals surface area (Å²) in [4.78, 5) is 23.0. The van der Waals surface area contributed by atoms with Crippen LogP contribution in [0.1, 0.15) is 71.1 Å². The molecule has 0 aromatic rings. The van der Waals surface area contributed by atoms with Crippen LogP contribution in [0.3, 0.4) is 0 Å². The fourth-order valence-electron chi connectivity index (χ4n) is 1.85. The van der Waals surface area contributed by atoms with Crippen molar-refractivity contribution >= 4 is 11.6 Å². The van der Waals surface area contributed by atoms with Gasteiger partial charge in [-0.05, 0) is 19.3 Å². The number of hydrogen-bond acceptors (Lipinski definition) is 3. The largest absolute Gasteiger partial charge is 0.385 e. The maximum absolute atomic E-state index is 11.5. The summed E-state index contributed by atoms with van der Waals surface area (Å²) in [7, 11) is 1.69. The molecule has 0 bridgehead atoms. The van der Waals surface area contributed by atoms with Gasteiger partial charge in [-0.25, -0.2) is 0 Å². The normalized spacial score (nSPS) is 10.6. The third kappa shape index (κ3) is 11.8. The van der Waals surface area contributed by atoms with E-state index < -0.39 is 0 Å². The van der Waals surface area contributed by atoms with Gasteiger partial charge in [-0.2, -0.15) is 0 Å². The Balaban J connectivity index is 3.37. The molecule has 0 atom stereocenters. The topological polar surface area (TPSA) is 43.4 Å². The quantitative estimate of drug-likeness (QED) is 0.472. The molecule has 0 aliphatic rings. The van der Waals surface area contributed by atoms with Gasteiger partial charge in [0.25, 0.3) is 0 Å². The second-order valence-corrected chi connectivity index (χ2v) is 4.84. The Kier molecular flexibility index (Phi) is 12.3. The Morgan fingerprint density at radius 2 is 1.33 bits per heavy atom. The van der Waals surface area contributed by atoms with Crippen LogP contribution in [0.2, 0.25) is 0 Å². The number of ketones is 2. The minimum absolute atomic E-state index is 0.233. The van der Waals surface area contributed by atoms with Gasteiger partial charge in [0.1, 0.15) is 11.6 Å². The van der Waals surface area contributed by atoms with Gasteiger partial charge in [-0.15, -0.1) is 0 Å². The number of carbonyl (C=O) groups is 2.